The number of phenolic OH excluding ortho intramolecular Hbond substituents is 1. The number of aryl methyl sites for hydroxylation is 1. The van der Waals surface area contributed by atoms with E-state index < -0.39 is 34.4 Å². The first-order valence-corrected chi connectivity index (χ1v) is 9.90. The second kappa shape index (κ2) is 9.14. The Morgan fingerprint density at radius 2 is 1.76 bits per heavy atom. The highest BCUT2D eigenvalue weighted by atomic mass is 35.5. The van der Waals surface area contributed by atoms with E-state index in [2.05, 4.69) is 5.10 Å². The highest BCUT2D eigenvalue weighted by molar-refractivity contribution is 6.31. The maximum atomic E-state index is 13.4. The van der Waals surface area contributed by atoms with Crippen LogP contribution in [0.15, 0.2) is 36.4 Å². The van der Waals surface area contributed by atoms with Crippen molar-refractivity contribution in [3.8, 4) is 33.9 Å². The third-order valence-electron chi connectivity index (χ3n) is 4.75. The van der Waals surface area contributed by atoms with Crippen LogP contribution in [-0.4, -0.2) is 28.0 Å². The zero-order valence-corrected chi connectivity index (χ0v) is 17.8. The Balaban J connectivity index is 2.21. The number of ether oxygens (including phenoxy) is 1. The minimum absolute atomic E-state index is 0.0205. The van der Waals surface area contributed by atoms with Crippen molar-refractivity contribution in [2.75, 3.05) is 13.2 Å². The fourth-order valence-corrected chi connectivity index (χ4v) is 3.43. The summed E-state index contributed by atoms with van der Waals surface area (Å²) in [5, 5.41) is 14.2. The first-order chi connectivity index (χ1) is 15.3. The quantitative estimate of drug-likeness (QED) is 0.332. The highest BCUT2D eigenvalue weighted by Crippen LogP contribution is 2.46. The van der Waals surface area contributed by atoms with Crippen molar-refractivity contribution in [2.24, 2.45) is 12.8 Å². The molecule has 0 bridgehead atoms. The number of benzene rings is 2. The summed E-state index contributed by atoms with van der Waals surface area (Å²) in [5.74, 6) is -0.574. The molecule has 0 aliphatic carbocycles. The predicted molar refractivity (Wildman–Crippen MR) is 110 cm³/mol. The van der Waals surface area contributed by atoms with Gasteiger partial charge in [-0.15, -0.1) is 0 Å². The lowest BCUT2D eigenvalue weighted by molar-refractivity contribution is -0.143. The molecule has 0 saturated carbocycles. The Bertz CT molecular complexity index is 1160. The number of phenols is 1. The maximum Gasteiger partial charge on any atom is 0.433 e. The minimum Gasteiger partial charge on any atom is -0.506 e. The van der Waals surface area contributed by atoms with E-state index in [1.807, 2.05) is 0 Å². The molecule has 2 aromatic carbocycles. The van der Waals surface area contributed by atoms with Crippen molar-refractivity contribution in [3.63, 3.8) is 0 Å². The fourth-order valence-electron chi connectivity index (χ4n) is 3.21. The Labute approximate surface area is 189 Å². The predicted octanol–water partition coefficient (Wildman–Crippen LogP) is 5.88. The molecular weight excluding hydrogens is 476 g/mol. The van der Waals surface area contributed by atoms with Gasteiger partial charge in [-0.1, -0.05) is 17.7 Å². The van der Waals surface area contributed by atoms with Crippen LogP contribution in [-0.2, 0) is 19.4 Å². The standard InChI is InChI=1S/C21H18ClF6N3O2/c1-31-17(21(26,27)28)10-15(30-31)12-4-6-16(33-8-2-7-29)18(19(12)32)11-3-5-14(22)13(9-11)20(23,24)25/h3-6,9-10,32H,2,7-8,29H2,1H3. The molecule has 3 aromatic rings. The molecule has 0 amide bonds. The molecule has 0 aliphatic heterocycles. The fraction of sp³-hybridized carbons (Fsp3) is 0.286. The summed E-state index contributed by atoms with van der Waals surface area (Å²) in [5.41, 5.74) is 2.65. The Kier molecular flexibility index (Phi) is 6.85. The highest BCUT2D eigenvalue weighted by Gasteiger charge is 2.36. The summed E-state index contributed by atoms with van der Waals surface area (Å²) >= 11 is 5.69. The van der Waals surface area contributed by atoms with Crippen molar-refractivity contribution in [3.05, 3.63) is 52.7 Å². The van der Waals surface area contributed by atoms with Crippen molar-refractivity contribution in [1.29, 1.82) is 0 Å². The minimum atomic E-state index is -4.77. The first kappa shape index (κ1) is 24.7. The van der Waals surface area contributed by atoms with Gasteiger partial charge in [0.25, 0.3) is 0 Å². The van der Waals surface area contributed by atoms with E-state index in [1.165, 1.54) is 18.2 Å². The second-order valence-corrected chi connectivity index (χ2v) is 7.46. The van der Waals surface area contributed by atoms with E-state index in [-0.39, 0.29) is 41.3 Å². The monoisotopic (exact) mass is 493 g/mol. The third kappa shape index (κ3) is 5.19. The molecule has 178 valence electrons. The Hall–Kier alpha value is -2.92. The van der Waals surface area contributed by atoms with Gasteiger partial charge >= 0.3 is 12.4 Å². The number of rotatable bonds is 6. The van der Waals surface area contributed by atoms with Crippen LogP contribution in [0.1, 0.15) is 17.7 Å². The van der Waals surface area contributed by atoms with Crippen molar-refractivity contribution in [2.45, 2.75) is 18.8 Å². The van der Waals surface area contributed by atoms with Gasteiger partial charge in [-0.25, -0.2) is 0 Å². The molecule has 1 aromatic heterocycles. The molecule has 0 radical (unpaired) electrons. The van der Waals surface area contributed by atoms with Gasteiger partial charge in [-0.3, -0.25) is 4.68 Å². The van der Waals surface area contributed by atoms with Gasteiger partial charge in [0.1, 0.15) is 17.2 Å². The number of aromatic hydroxyl groups is 1. The van der Waals surface area contributed by atoms with Crippen LogP contribution in [0, 0.1) is 0 Å². The molecule has 0 aliphatic rings. The third-order valence-corrected chi connectivity index (χ3v) is 5.08. The molecule has 33 heavy (non-hydrogen) atoms. The van der Waals surface area contributed by atoms with Gasteiger partial charge < -0.3 is 15.6 Å². The number of alkyl halides is 6. The van der Waals surface area contributed by atoms with Gasteiger partial charge in [0.2, 0.25) is 0 Å². The zero-order chi connectivity index (χ0) is 24.6. The summed E-state index contributed by atoms with van der Waals surface area (Å²) in [6, 6.07) is 6.33. The van der Waals surface area contributed by atoms with E-state index in [9.17, 15) is 31.4 Å². The van der Waals surface area contributed by atoms with Crippen LogP contribution < -0.4 is 10.5 Å². The van der Waals surface area contributed by atoms with Crippen LogP contribution in [0.5, 0.6) is 11.5 Å². The van der Waals surface area contributed by atoms with Crippen LogP contribution in [0.3, 0.4) is 0 Å². The van der Waals surface area contributed by atoms with Crippen molar-refractivity contribution < 1.29 is 36.2 Å². The van der Waals surface area contributed by atoms with E-state index >= 15 is 0 Å². The number of nitrogens with zero attached hydrogens (tertiary/aromatic N) is 2. The largest absolute Gasteiger partial charge is 0.506 e. The molecule has 0 saturated heterocycles. The number of hydrogen-bond donors (Lipinski definition) is 2. The zero-order valence-electron chi connectivity index (χ0n) is 17.1. The number of nitrogens with two attached hydrogens (primary N) is 1. The Morgan fingerprint density at radius 3 is 2.33 bits per heavy atom. The molecule has 3 rings (SSSR count). The van der Waals surface area contributed by atoms with Gasteiger partial charge in [0, 0.05) is 12.6 Å². The Morgan fingerprint density at radius 1 is 1.06 bits per heavy atom. The van der Waals surface area contributed by atoms with Gasteiger partial charge in [0.05, 0.1) is 28.5 Å². The average Bonchev–Trinajstić information content (AvgIpc) is 3.10. The summed E-state index contributed by atoms with van der Waals surface area (Å²) in [4.78, 5) is 0. The van der Waals surface area contributed by atoms with E-state index in [4.69, 9.17) is 22.1 Å². The van der Waals surface area contributed by atoms with Gasteiger partial charge in [-0.05, 0) is 48.9 Å². The molecule has 1 heterocycles. The lowest BCUT2D eigenvalue weighted by Crippen LogP contribution is -2.11. The number of aromatic nitrogens is 2. The van der Waals surface area contributed by atoms with Crippen LogP contribution in [0.25, 0.3) is 22.4 Å². The average molecular weight is 494 g/mol. The number of halogens is 7. The van der Waals surface area contributed by atoms with E-state index in [1.54, 1.807) is 0 Å². The van der Waals surface area contributed by atoms with Crippen LogP contribution >= 0.6 is 11.6 Å². The van der Waals surface area contributed by atoms with Crippen LogP contribution in [0.4, 0.5) is 26.3 Å². The van der Waals surface area contributed by atoms with Crippen molar-refractivity contribution >= 4 is 11.6 Å². The molecule has 12 heteroatoms. The summed E-state index contributed by atoms with van der Waals surface area (Å²) < 4.78 is 85.9. The van der Waals surface area contributed by atoms with E-state index in [0.29, 0.717) is 11.1 Å². The van der Waals surface area contributed by atoms with E-state index in [0.717, 1.165) is 25.2 Å². The maximum absolute atomic E-state index is 13.4. The summed E-state index contributed by atoms with van der Waals surface area (Å²) in [6.07, 6.45) is -9.05. The lowest BCUT2D eigenvalue weighted by Gasteiger charge is -2.17. The SMILES string of the molecule is Cn1nc(-c2ccc(OCCCN)c(-c3ccc(Cl)c(C(F)(F)F)c3)c2O)cc1C(F)(F)F. The smallest absolute Gasteiger partial charge is 0.433 e. The second-order valence-electron chi connectivity index (χ2n) is 7.05. The summed E-state index contributed by atoms with van der Waals surface area (Å²) in [7, 11) is 1.09. The molecule has 0 fully saturated rings. The summed E-state index contributed by atoms with van der Waals surface area (Å²) in [6.45, 7) is 0.385. The lowest BCUT2D eigenvalue weighted by atomic mass is 9.97. The molecule has 3 N–H and O–H groups in total. The first-order valence-electron chi connectivity index (χ1n) is 9.52. The van der Waals surface area contributed by atoms with Crippen molar-refractivity contribution in [1.82, 2.24) is 9.78 Å². The number of hydrogen-bond acceptors (Lipinski definition) is 4. The molecule has 0 spiro atoms. The van der Waals surface area contributed by atoms with Crippen LogP contribution in [0.2, 0.25) is 5.02 Å². The topological polar surface area (TPSA) is 73.3 Å². The molecular formula is C21H18ClF6N3O2. The van der Waals surface area contributed by atoms with Gasteiger partial charge in [0.15, 0.2) is 0 Å². The normalized spacial score (nSPS) is 12.3. The van der Waals surface area contributed by atoms with Gasteiger partial charge in [-0.2, -0.15) is 31.4 Å². The molecule has 0 atom stereocenters. The molecule has 0 unspecified atom stereocenters. The molecule has 5 nitrogen and oxygen atoms in total.